The van der Waals surface area contributed by atoms with E-state index in [0.717, 1.165) is 42.4 Å². The van der Waals surface area contributed by atoms with Gasteiger partial charge < -0.3 is 0 Å². The zero-order chi connectivity index (χ0) is 13.0. The lowest BCUT2D eigenvalue weighted by Crippen LogP contribution is -2.44. The van der Waals surface area contributed by atoms with Crippen LogP contribution in [0, 0.1) is 39.9 Å². The Morgan fingerprint density at radius 3 is 2.68 bits per heavy atom. The predicted molar refractivity (Wildman–Crippen MR) is 76.7 cm³/mol. The number of hydrogen-bond donors (Lipinski definition) is 0. The fraction of sp³-hybridized carbons (Fsp3) is 1.00. The zero-order valence-corrected chi connectivity index (χ0v) is 12.2. The molecule has 7 unspecified atom stereocenters. The minimum Gasteiger partial charge on any atom is -0.151 e. The van der Waals surface area contributed by atoms with Gasteiger partial charge in [-0.05, 0) is 86.4 Å². The minimum atomic E-state index is 0.158. The molecule has 0 aromatic rings. The molecular weight excluding hydrogens is 234 g/mol. The monoisotopic (exact) mass is 261 g/mol. The van der Waals surface area contributed by atoms with Crippen molar-refractivity contribution in [2.45, 2.75) is 70.8 Å². The maximum absolute atomic E-state index is 10.9. The summed E-state index contributed by atoms with van der Waals surface area (Å²) >= 11 is 0. The largest absolute Gasteiger partial charge is 0.151 e. The second kappa shape index (κ2) is 4.30. The molecule has 7 atom stereocenters. The van der Waals surface area contributed by atoms with Gasteiger partial charge in [0, 0.05) is 0 Å². The van der Waals surface area contributed by atoms with E-state index in [1.54, 1.807) is 0 Å². The third kappa shape index (κ3) is 1.74. The molecule has 2 heteroatoms. The van der Waals surface area contributed by atoms with Crippen LogP contribution < -0.4 is 0 Å². The molecule has 4 aliphatic rings. The molecule has 0 N–H and O–H groups in total. The maximum Gasteiger partial charge on any atom is 0.0925 e. The Balaban J connectivity index is 1.58. The van der Waals surface area contributed by atoms with Crippen molar-refractivity contribution in [2.24, 2.45) is 40.2 Å². The van der Waals surface area contributed by atoms with Gasteiger partial charge in [0.2, 0.25) is 0 Å². The minimum absolute atomic E-state index is 0.158. The Hall–Kier alpha value is -0.400. The molecule has 0 radical (unpaired) electrons. The van der Waals surface area contributed by atoms with Crippen molar-refractivity contribution in [1.82, 2.24) is 0 Å². The molecule has 2 nitrogen and oxygen atoms in total. The van der Waals surface area contributed by atoms with Crippen LogP contribution in [0.5, 0.6) is 0 Å². The Labute approximate surface area is 116 Å². The Bertz CT molecular complexity index is 381. The van der Waals surface area contributed by atoms with E-state index in [0.29, 0.717) is 5.41 Å². The maximum atomic E-state index is 10.9. The standard InChI is InChI=1S/C17H27NO/c1-17-7-2-3-16(17)14-5-4-11-9-12(18-19)10-15(11)13(14)6-8-17/h11-16H,2-10H2,1H3. The lowest BCUT2D eigenvalue weighted by molar-refractivity contribution is -0.0284. The van der Waals surface area contributed by atoms with Crippen LogP contribution in [-0.2, 0) is 0 Å². The molecule has 0 aliphatic heterocycles. The first-order chi connectivity index (χ1) is 9.21. The molecular formula is C17H27NO. The fourth-order valence-corrected chi connectivity index (χ4v) is 6.73. The van der Waals surface area contributed by atoms with Crippen molar-refractivity contribution in [3.05, 3.63) is 4.91 Å². The molecule has 106 valence electrons. The predicted octanol–water partition coefficient (Wildman–Crippen LogP) is 4.77. The number of fused-ring (bicyclic) bond motifs is 5. The summed E-state index contributed by atoms with van der Waals surface area (Å²) in [7, 11) is 0. The van der Waals surface area contributed by atoms with E-state index < -0.39 is 0 Å². The molecule has 0 spiro atoms. The summed E-state index contributed by atoms with van der Waals surface area (Å²) < 4.78 is 0. The smallest absolute Gasteiger partial charge is 0.0925 e. The summed E-state index contributed by atoms with van der Waals surface area (Å²) in [4.78, 5) is 10.9. The first kappa shape index (κ1) is 12.3. The number of rotatable bonds is 1. The molecule has 0 amide bonds. The summed E-state index contributed by atoms with van der Waals surface area (Å²) in [5.74, 6) is 4.64. The molecule has 19 heavy (non-hydrogen) atoms. The second-order valence-corrected chi connectivity index (χ2v) is 8.25. The van der Waals surface area contributed by atoms with Crippen molar-refractivity contribution in [3.8, 4) is 0 Å². The van der Waals surface area contributed by atoms with Crippen LogP contribution in [-0.4, -0.2) is 6.04 Å². The summed E-state index contributed by atoms with van der Waals surface area (Å²) in [6.07, 6.45) is 12.4. The fourth-order valence-electron chi connectivity index (χ4n) is 6.73. The second-order valence-electron chi connectivity index (χ2n) is 8.25. The van der Waals surface area contributed by atoms with Crippen molar-refractivity contribution in [1.29, 1.82) is 0 Å². The highest BCUT2D eigenvalue weighted by molar-refractivity contribution is 5.04. The lowest BCUT2D eigenvalue weighted by Gasteiger charge is -2.52. The van der Waals surface area contributed by atoms with Crippen LogP contribution in [0.15, 0.2) is 5.18 Å². The van der Waals surface area contributed by atoms with E-state index in [2.05, 4.69) is 12.1 Å². The Kier molecular flexibility index (Phi) is 2.79. The highest BCUT2D eigenvalue weighted by atomic mass is 16.3. The van der Waals surface area contributed by atoms with Gasteiger partial charge in [-0.15, -0.1) is 0 Å². The number of nitroso groups, excluding NO2 is 1. The SMILES string of the molecule is CC12CCCC1C1CCC3CC(N=O)CC3C1CC2. The molecule has 0 bridgehead atoms. The van der Waals surface area contributed by atoms with E-state index in [4.69, 9.17) is 0 Å². The molecule has 4 rings (SSSR count). The van der Waals surface area contributed by atoms with Crippen molar-refractivity contribution < 1.29 is 0 Å². The van der Waals surface area contributed by atoms with Gasteiger partial charge in [-0.2, -0.15) is 4.91 Å². The molecule has 0 aromatic carbocycles. The van der Waals surface area contributed by atoms with E-state index in [9.17, 15) is 4.91 Å². The van der Waals surface area contributed by atoms with Crippen molar-refractivity contribution in [3.63, 3.8) is 0 Å². The van der Waals surface area contributed by atoms with Gasteiger partial charge in [-0.3, -0.25) is 0 Å². The summed E-state index contributed by atoms with van der Waals surface area (Å²) in [6, 6.07) is 0.158. The van der Waals surface area contributed by atoms with Crippen molar-refractivity contribution >= 4 is 0 Å². The first-order valence-electron chi connectivity index (χ1n) is 8.54. The molecule has 4 fully saturated rings. The highest BCUT2D eigenvalue weighted by Crippen LogP contribution is 2.62. The summed E-state index contributed by atoms with van der Waals surface area (Å²) in [5, 5.41) is 3.38. The van der Waals surface area contributed by atoms with E-state index in [1.807, 2.05) is 0 Å². The topological polar surface area (TPSA) is 29.4 Å². The van der Waals surface area contributed by atoms with E-state index >= 15 is 0 Å². The number of hydrogen-bond acceptors (Lipinski definition) is 2. The van der Waals surface area contributed by atoms with Crippen molar-refractivity contribution in [2.75, 3.05) is 0 Å². The van der Waals surface area contributed by atoms with E-state index in [-0.39, 0.29) is 6.04 Å². The molecule has 4 aliphatic carbocycles. The average molecular weight is 261 g/mol. The molecule has 0 heterocycles. The van der Waals surface area contributed by atoms with E-state index in [1.165, 1.54) is 44.9 Å². The molecule has 4 saturated carbocycles. The van der Waals surface area contributed by atoms with Gasteiger partial charge in [-0.25, -0.2) is 0 Å². The highest BCUT2D eigenvalue weighted by Gasteiger charge is 2.54. The zero-order valence-electron chi connectivity index (χ0n) is 12.2. The van der Waals surface area contributed by atoms with Gasteiger partial charge in [0.25, 0.3) is 0 Å². The first-order valence-corrected chi connectivity index (χ1v) is 8.54. The van der Waals surface area contributed by atoms with Crippen LogP contribution in [0.25, 0.3) is 0 Å². The van der Waals surface area contributed by atoms with Gasteiger partial charge in [0.1, 0.15) is 0 Å². The van der Waals surface area contributed by atoms with Gasteiger partial charge in [0.15, 0.2) is 0 Å². The quantitative estimate of drug-likeness (QED) is 0.625. The number of nitrogens with zero attached hydrogens (tertiary/aromatic N) is 1. The van der Waals surface area contributed by atoms with Gasteiger partial charge in [-0.1, -0.05) is 18.5 Å². The summed E-state index contributed by atoms with van der Waals surface area (Å²) in [5.41, 5.74) is 0.676. The normalized spacial score (nSPS) is 56.3. The third-order valence-electron chi connectivity index (χ3n) is 7.57. The van der Waals surface area contributed by atoms with Crippen LogP contribution >= 0.6 is 0 Å². The van der Waals surface area contributed by atoms with Crippen LogP contribution in [0.3, 0.4) is 0 Å². The average Bonchev–Trinajstić information content (AvgIpc) is 3.00. The third-order valence-corrected chi connectivity index (χ3v) is 7.57. The Morgan fingerprint density at radius 1 is 0.947 bits per heavy atom. The molecule has 0 aromatic heterocycles. The lowest BCUT2D eigenvalue weighted by atomic mass is 9.53. The summed E-state index contributed by atoms with van der Waals surface area (Å²) in [6.45, 7) is 2.57. The van der Waals surface area contributed by atoms with Crippen LogP contribution in [0.4, 0.5) is 0 Å². The molecule has 0 saturated heterocycles. The van der Waals surface area contributed by atoms with Gasteiger partial charge in [0.05, 0.1) is 6.04 Å². The van der Waals surface area contributed by atoms with Gasteiger partial charge >= 0.3 is 0 Å². The van der Waals surface area contributed by atoms with Crippen LogP contribution in [0.2, 0.25) is 0 Å². The Morgan fingerprint density at radius 2 is 1.84 bits per heavy atom. The van der Waals surface area contributed by atoms with Crippen LogP contribution in [0.1, 0.15) is 64.7 Å².